The highest BCUT2D eigenvalue weighted by Gasteiger charge is 2.05. The molecular weight excluding hydrogens is 202 g/mol. The molecule has 0 heterocycles. The Hall–Kier alpha value is -1.55. The van der Waals surface area contributed by atoms with Crippen LogP contribution in [0, 0.1) is 6.92 Å². The van der Waals surface area contributed by atoms with Gasteiger partial charge in [-0.2, -0.15) is 0 Å². The Labute approximate surface area is 96.2 Å². The summed E-state index contributed by atoms with van der Waals surface area (Å²) in [6.45, 7) is 3.52. The standard InChI is InChI=1S/C12H19N3O/c1-9-8-10(12(16)14-2)4-5-11(9)15-7-3-6-13/h4-5,8,15H,3,6-7,13H2,1-2H3,(H,14,16). The monoisotopic (exact) mass is 221 g/mol. The first-order valence-electron chi connectivity index (χ1n) is 5.45. The van der Waals surface area contributed by atoms with Crippen molar-refractivity contribution in [2.75, 3.05) is 25.5 Å². The molecule has 0 aliphatic heterocycles. The summed E-state index contributed by atoms with van der Waals surface area (Å²) in [5.41, 5.74) is 8.23. The minimum Gasteiger partial charge on any atom is -0.385 e. The molecule has 0 aromatic heterocycles. The summed E-state index contributed by atoms with van der Waals surface area (Å²) in [5.74, 6) is -0.0587. The van der Waals surface area contributed by atoms with Crippen LogP contribution in [0.3, 0.4) is 0 Å². The second-order valence-corrected chi connectivity index (χ2v) is 3.68. The highest BCUT2D eigenvalue weighted by molar-refractivity contribution is 5.94. The Balaban J connectivity index is 2.71. The second-order valence-electron chi connectivity index (χ2n) is 3.68. The maximum absolute atomic E-state index is 11.4. The zero-order valence-corrected chi connectivity index (χ0v) is 9.84. The van der Waals surface area contributed by atoms with Crippen LogP contribution in [0.25, 0.3) is 0 Å². The van der Waals surface area contributed by atoms with E-state index in [-0.39, 0.29) is 5.91 Å². The lowest BCUT2D eigenvalue weighted by Crippen LogP contribution is -2.18. The SMILES string of the molecule is CNC(=O)c1ccc(NCCCN)c(C)c1. The van der Waals surface area contributed by atoms with Gasteiger partial charge in [0.1, 0.15) is 0 Å². The van der Waals surface area contributed by atoms with E-state index in [9.17, 15) is 4.79 Å². The van der Waals surface area contributed by atoms with Crippen LogP contribution in [0.1, 0.15) is 22.3 Å². The fraction of sp³-hybridized carbons (Fsp3) is 0.417. The van der Waals surface area contributed by atoms with E-state index in [1.807, 2.05) is 25.1 Å². The van der Waals surface area contributed by atoms with E-state index in [0.717, 1.165) is 24.2 Å². The molecule has 0 spiro atoms. The van der Waals surface area contributed by atoms with Crippen LogP contribution in [-0.2, 0) is 0 Å². The van der Waals surface area contributed by atoms with Crippen LogP contribution < -0.4 is 16.4 Å². The summed E-state index contributed by atoms with van der Waals surface area (Å²) in [6.07, 6.45) is 0.941. The van der Waals surface area contributed by atoms with Crippen LogP contribution in [0.2, 0.25) is 0 Å². The van der Waals surface area contributed by atoms with Gasteiger partial charge < -0.3 is 16.4 Å². The number of nitrogens with two attached hydrogens (primary N) is 1. The van der Waals surface area contributed by atoms with Crippen molar-refractivity contribution in [1.82, 2.24) is 5.32 Å². The van der Waals surface area contributed by atoms with Crippen molar-refractivity contribution in [3.05, 3.63) is 29.3 Å². The third-order valence-corrected chi connectivity index (χ3v) is 2.41. The largest absolute Gasteiger partial charge is 0.385 e. The molecular formula is C12H19N3O. The maximum atomic E-state index is 11.4. The van der Waals surface area contributed by atoms with Gasteiger partial charge in [-0.15, -0.1) is 0 Å². The number of rotatable bonds is 5. The highest BCUT2D eigenvalue weighted by Crippen LogP contribution is 2.16. The van der Waals surface area contributed by atoms with Gasteiger partial charge in [0, 0.05) is 24.8 Å². The van der Waals surface area contributed by atoms with Gasteiger partial charge in [0.05, 0.1) is 0 Å². The molecule has 1 rings (SSSR count). The lowest BCUT2D eigenvalue weighted by atomic mass is 10.1. The molecule has 4 heteroatoms. The Morgan fingerprint density at radius 1 is 1.44 bits per heavy atom. The number of benzene rings is 1. The molecule has 1 aromatic carbocycles. The van der Waals surface area contributed by atoms with E-state index in [1.165, 1.54) is 0 Å². The summed E-state index contributed by atoms with van der Waals surface area (Å²) in [4.78, 5) is 11.4. The van der Waals surface area contributed by atoms with Crippen LogP contribution in [0.5, 0.6) is 0 Å². The molecule has 88 valence electrons. The fourth-order valence-electron chi connectivity index (χ4n) is 1.47. The van der Waals surface area contributed by atoms with Gasteiger partial charge in [-0.05, 0) is 43.7 Å². The van der Waals surface area contributed by atoms with E-state index in [4.69, 9.17) is 5.73 Å². The van der Waals surface area contributed by atoms with Crippen LogP contribution >= 0.6 is 0 Å². The molecule has 0 atom stereocenters. The quantitative estimate of drug-likeness (QED) is 0.653. The number of hydrogen-bond donors (Lipinski definition) is 3. The molecule has 4 N–H and O–H groups in total. The first kappa shape index (κ1) is 12.5. The van der Waals surface area contributed by atoms with Crippen molar-refractivity contribution in [2.45, 2.75) is 13.3 Å². The normalized spacial score (nSPS) is 9.94. The minimum absolute atomic E-state index is 0.0587. The summed E-state index contributed by atoms with van der Waals surface area (Å²) in [5, 5.41) is 5.89. The van der Waals surface area contributed by atoms with Crippen molar-refractivity contribution in [3.8, 4) is 0 Å². The van der Waals surface area contributed by atoms with E-state index < -0.39 is 0 Å². The average Bonchev–Trinajstić information content (AvgIpc) is 2.30. The molecule has 1 aromatic rings. The Kier molecular flexibility index (Phi) is 4.79. The predicted octanol–water partition coefficient (Wildman–Crippen LogP) is 1.12. The topological polar surface area (TPSA) is 67.2 Å². The van der Waals surface area contributed by atoms with Gasteiger partial charge in [-0.1, -0.05) is 0 Å². The number of carbonyl (C=O) groups excluding carboxylic acids is 1. The molecule has 1 amide bonds. The van der Waals surface area contributed by atoms with Crippen molar-refractivity contribution in [3.63, 3.8) is 0 Å². The lowest BCUT2D eigenvalue weighted by Gasteiger charge is -2.10. The Morgan fingerprint density at radius 3 is 2.75 bits per heavy atom. The number of aryl methyl sites for hydroxylation is 1. The number of anilines is 1. The van der Waals surface area contributed by atoms with Crippen molar-refractivity contribution in [2.24, 2.45) is 5.73 Å². The molecule has 4 nitrogen and oxygen atoms in total. The van der Waals surface area contributed by atoms with Crippen molar-refractivity contribution >= 4 is 11.6 Å². The van der Waals surface area contributed by atoms with Gasteiger partial charge in [0.2, 0.25) is 0 Å². The number of hydrogen-bond acceptors (Lipinski definition) is 3. The van der Waals surface area contributed by atoms with Crippen LogP contribution in [0.15, 0.2) is 18.2 Å². The molecule has 16 heavy (non-hydrogen) atoms. The van der Waals surface area contributed by atoms with Gasteiger partial charge in [-0.25, -0.2) is 0 Å². The van der Waals surface area contributed by atoms with Gasteiger partial charge >= 0.3 is 0 Å². The minimum atomic E-state index is -0.0587. The van der Waals surface area contributed by atoms with E-state index in [1.54, 1.807) is 7.05 Å². The predicted molar refractivity (Wildman–Crippen MR) is 66.7 cm³/mol. The molecule has 0 fully saturated rings. The maximum Gasteiger partial charge on any atom is 0.251 e. The summed E-state index contributed by atoms with van der Waals surface area (Å²) >= 11 is 0. The molecule has 0 radical (unpaired) electrons. The highest BCUT2D eigenvalue weighted by atomic mass is 16.1. The average molecular weight is 221 g/mol. The molecule has 0 bridgehead atoms. The Bertz CT molecular complexity index is 363. The molecule has 0 aliphatic rings. The molecule has 0 unspecified atom stereocenters. The summed E-state index contributed by atoms with van der Waals surface area (Å²) < 4.78 is 0. The van der Waals surface area contributed by atoms with E-state index in [0.29, 0.717) is 12.1 Å². The molecule has 0 saturated carbocycles. The summed E-state index contributed by atoms with van der Waals surface area (Å²) in [6, 6.07) is 5.62. The third-order valence-electron chi connectivity index (χ3n) is 2.41. The number of nitrogens with one attached hydrogen (secondary N) is 2. The molecule has 0 aliphatic carbocycles. The second kappa shape index (κ2) is 6.12. The van der Waals surface area contributed by atoms with E-state index >= 15 is 0 Å². The number of carbonyl (C=O) groups is 1. The fourth-order valence-corrected chi connectivity index (χ4v) is 1.47. The van der Waals surface area contributed by atoms with Crippen molar-refractivity contribution < 1.29 is 4.79 Å². The summed E-state index contributed by atoms with van der Waals surface area (Å²) in [7, 11) is 1.63. The Morgan fingerprint density at radius 2 is 2.19 bits per heavy atom. The van der Waals surface area contributed by atoms with Crippen molar-refractivity contribution in [1.29, 1.82) is 0 Å². The first-order valence-corrected chi connectivity index (χ1v) is 5.45. The van der Waals surface area contributed by atoms with Gasteiger partial charge in [0.25, 0.3) is 5.91 Å². The first-order chi connectivity index (χ1) is 7.69. The zero-order chi connectivity index (χ0) is 12.0. The smallest absolute Gasteiger partial charge is 0.251 e. The van der Waals surface area contributed by atoms with Gasteiger partial charge in [-0.3, -0.25) is 4.79 Å². The molecule has 0 saturated heterocycles. The third kappa shape index (κ3) is 3.24. The van der Waals surface area contributed by atoms with E-state index in [2.05, 4.69) is 10.6 Å². The number of amides is 1. The lowest BCUT2D eigenvalue weighted by molar-refractivity contribution is 0.0963. The van der Waals surface area contributed by atoms with Crippen LogP contribution in [0.4, 0.5) is 5.69 Å². The van der Waals surface area contributed by atoms with Crippen LogP contribution in [-0.4, -0.2) is 26.0 Å². The van der Waals surface area contributed by atoms with Gasteiger partial charge in [0.15, 0.2) is 0 Å². The zero-order valence-electron chi connectivity index (χ0n) is 9.84.